The second kappa shape index (κ2) is 5.91. The molecule has 1 aliphatic rings. The molecule has 2 rings (SSSR count). The minimum atomic E-state index is -4.38. The third-order valence-electron chi connectivity index (χ3n) is 3.31. The van der Waals surface area contributed by atoms with Crippen molar-refractivity contribution < 1.29 is 17.6 Å². The molecule has 0 spiro atoms. The van der Waals surface area contributed by atoms with Crippen molar-refractivity contribution >= 4 is 48.8 Å². The van der Waals surface area contributed by atoms with Gasteiger partial charge >= 0.3 is 0 Å². The summed E-state index contributed by atoms with van der Waals surface area (Å²) in [4.78, 5) is 11.3. The van der Waals surface area contributed by atoms with Crippen LogP contribution in [0.2, 0.25) is 10.0 Å². The maximum absolute atomic E-state index is 13.7. The van der Waals surface area contributed by atoms with Crippen LogP contribution in [0.3, 0.4) is 0 Å². The highest BCUT2D eigenvalue weighted by atomic mass is 35.7. The first kappa shape index (κ1) is 16.8. The highest BCUT2D eigenvalue weighted by Crippen LogP contribution is 2.37. The fraction of sp³-hybridized carbons (Fsp3) is 0.417. The zero-order valence-electron chi connectivity index (χ0n) is 10.8. The van der Waals surface area contributed by atoms with Crippen molar-refractivity contribution in [2.75, 3.05) is 0 Å². The van der Waals surface area contributed by atoms with E-state index in [0.717, 1.165) is 18.9 Å². The Kier molecular flexibility index (Phi) is 4.73. The molecule has 0 atom stereocenters. The van der Waals surface area contributed by atoms with E-state index in [0.29, 0.717) is 5.92 Å². The SMILES string of the molecule is CC1CC(NC(=O)c2cc(F)c(Cl)c(S(=O)(=O)Cl)c2Cl)C1. The zero-order valence-corrected chi connectivity index (χ0v) is 13.9. The van der Waals surface area contributed by atoms with Crippen LogP contribution >= 0.6 is 33.9 Å². The van der Waals surface area contributed by atoms with Crippen LogP contribution in [0.5, 0.6) is 0 Å². The number of halogens is 4. The molecule has 0 saturated heterocycles. The van der Waals surface area contributed by atoms with Crippen LogP contribution in [-0.2, 0) is 9.05 Å². The minimum Gasteiger partial charge on any atom is -0.349 e. The molecule has 0 radical (unpaired) electrons. The van der Waals surface area contributed by atoms with Gasteiger partial charge in [-0.05, 0) is 24.8 Å². The van der Waals surface area contributed by atoms with Gasteiger partial charge in [-0.15, -0.1) is 0 Å². The summed E-state index contributed by atoms with van der Waals surface area (Å²) in [6, 6.07) is 0.770. The van der Waals surface area contributed by atoms with Gasteiger partial charge in [0.2, 0.25) is 0 Å². The largest absolute Gasteiger partial charge is 0.349 e. The Labute approximate surface area is 136 Å². The molecule has 1 aromatic rings. The molecule has 21 heavy (non-hydrogen) atoms. The molecule has 1 aromatic carbocycles. The molecule has 9 heteroatoms. The molecule has 0 unspecified atom stereocenters. The molecule has 1 fully saturated rings. The number of benzene rings is 1. The summed E-state index contributed by atoms with van der Waals surface area (Å²) in [5.41, 5.74) is -0.308. The van der Waals surface area contributed by atoms with Crippen molar-refractivity contribution in [3.63, 3.8) is 0 Å². The van der Waals surface area contributed by atoms with Crippen molar-refractivity contribution in [1.29, 1.82) is 0 Å². The number of hydrogen-bond acceptors (Lipinski definition) is 3. The first-order valence-electron chi connectivity index (χ1n) is 6.04. The molecular formula is C12H11Cl3FNO3S. The predicted octanol–water partition coefficient (Wildman–Crippen LogP) is 3.59. The van der Waals surface area contributed by atoms with E-state index < -0.39 is 35.7 Å². The number of rotatable bonds is 3. The fourth-order valence-electron chi connectivity index (χ4n) is 2.24. The van der Waals surface area contributed by atoms with Crippen LogP contribution in [0, 0.1) is 11.7 Å². The van der Waals surface area contributed by atoms with Crippen molar-refractivity contribution in [1.82, 2.24) is 5.32 Å². The van der Waals surface area contributed by atoms with Crippen molar-refractivity contribution in [2.45, 2.75) is 30.7 Å². The van der Waals surface area contributed by atoms with Crippen LogP contribution in [0.1, 0.15) is 30.1 Å². The first-order valence-corrected chi connectivity index (χ1v) is 9.10. The second-order valence-electron chi connectivity index (χ2n) is 5.05. The Balaban J connectivity index is 2.40. The Morgan fingerprint density at radius 2 is 1.90 bits per heavy atom. The van der Waals surface area contributed by atoms with Gasteiger partial charge in [0.15, 0.2) is 0 Å². The fourth-order valence-corrected chi connectivity index (χ4v) is 4.62. The predicted molar refractivity (Wildman–Crippen MR) is 79.1 cm³/mol. The maximum Gasteiger partial charge on any atom is 0.264 e. The van der Waals surface area contributed by atoms with E-state index >= 15 is 0 Å². The first-order chi connectivity index (χ1) is 9.61. The molecule has 1 saturated carbocycles. The van der Waals surface area contributed by atoms with Gasteiger partial charge in [-0.1, -0.05) is 30.1 Å². The van der Waals surface area contributed by atoms with Gasteiger partial charge in [-0.2, -0.15) is 0 Å². The van der Waals surface area contributed by atoms with Crippen LogP contribution < -0.4 is 5.32 Å². The van der Waals surface area contributed by atoms with E-state index in [2.05, 4.69) is 5.32 Å². The second-order valence-corrected chi connectivity index (χ2v) is 8.31. The third kappa shape index (κ3) is 3.44. The standard InChI is InChI=1S/C12H11Cl3FNO3S/c1-5-2-6(3-5)17-12(18)7-4-8(16)10(14)11(9(7)13)21(15,19)20/h4-6H,2-3H2,1H3,(H,17,18). The molecule has 1 aliphatic carbocycles. The van der Waals surface area contributed by atoms with Crippen LogP contribution in [0.4, 0.5) is 4.39 Å². The average molecular weight is 375 g/mol. The quantitative estimate of drug-likeness (QED) is 0.649. The number of amides is 1. The van der Waals surface area contributed by atoms with Crippen molar-refractivity contribution in [3.05, 3.63) is 27.5 Å². The van der Waals surface area contributed by atoms with E-state index in [-0.39, 0.29) is 11.6 Å². The highest BCUT2D eigenvalue weighted by molar-refractivity contribution is 8.14. The lowest BCUT2D eigenvalue weighted by atomic mass is 9.82. The lowest BCUT2D eigenvalue weighted by molar-refractivity contribution is 0.0895. The topological polar surface area (TPSA) is 63.2 Å². The van der Waals surface area contributed by atoms with Gasteiger partial charge in [0.05, 0.1) is 15.6 Å². The van der Waals surface area contributed by atoms with Gasteiger partial charge in [0, 0.05) is 16.7 Å². The van der Waals surface area contributed by atoms with E-state index in [1.54, 1.807) is 0 Å². The molecule has 0 aromatic heterocycles. The summed E-state index contributed by atoms with van der Waals surface area (Å²) >= 11 is 11.4. The van der Waals surface area contributed by atoms with Gasteiger partial charge in [0.25, 0.3) is 15.0 Å². The summed E-state index contributed by atoms with van der Waals surface area (Å²) < 4.78 is 36.6. The molecule has 0 heterocycles. The third-order valence-corrected chi connectivity index (χ3v) is 5.66. The summed E-state index contributed by atoms with van der Waals surface area (Å²) in [5.74, 6) is -1.23. The van der Waals surface area contributed by atoms with Crippen LogP contribution in [0.25, 0.3) is 0 Å². The molecule has 1 amide bonds. The van der Waals surface area contributed by atoms with Crippen LogP contribution in [0.15, 0.2) is 11.0 Å². The molecule has 116 valence electrons. The van der Waals surface area contributed by atoms with Gasteiger partial charge in [-0.25, -0.2) is 12.8 Å². The van der Waals surface area contributed by atoms with Crippen molar-refractivity contribution in [2.24, 2.45) is 5.92 Å². The number of hydrogen-bond donors (Lipinski definition) is 1. The summed E-state index contributed by atoms with van der Waals surface area (Å²) in [6.45, 7) is 2.04. The monoisotopic (exact) mass is 373 g/mol. The Morgan fingerprint density at radius 3 is 2.38 bits per heavy atom. The summed E-state index contributed by atoms with van der Waals surface area (Å²) in [5, 5.41) is 1.44. The number of carbonyl (C=O) groups excluding carboxylic acids is 1. The molecule has 1 N–H and O–H groups in total. The lowest BCUT2D eigenvalue weighted by Gasteiger charge is -2.33. The summed E-state index contributed by atoms with van der Waals surface area (Å²) in [7, 11) is 0.803. The molecule has 0 aliphatic heterocycles. The lowest BCUT2D eigenvalue weighted by Crippen LogP contribution is -2.43. The van der Waals surface area contributed by atoms with Crippen molar-refractivity contribution in [3.8, 4) is 0 Å². The number of nitrogens with one attached hydrogen (secondary N) is 1. The smallest absolute Gasteiger partial charge is 0.264 e. The van der Waals surface area contributed by atoms with E-state index in [4.69, 9.17) is 33.9 Å². The van der Waals surface area contributed by atoms with E-state index in [1.165, 1.54) is 0 Å². The molecule has 4 nitrogen and oxygen atoms in total. The van der Waals surface area contributed by atoms with Gasteiger partial charge < -0.3 is 5.32 Å². The minimum absolute atomic E-state index is 0.0293. The Hall–Kier alpha value is -0.560. The van der Waals surface area contributed by atoms with E-state index in [1.807, 2.05) is 6.92 Å². The zero-order chi connectivity index (χ0) is 15.9. The Bertz CT molecular complexity index is 702. The number of carbonyl (C=O) groups is 1. The Morgan fingerprint density at radius 1 is 1.33 bits per heavy atom. The van der Waals surface area contributed by atoms with E-state index in [9.17, 15) is 17.6 Å². The van der Waals surface area contributed by atoms with Gasteiger partial charge in [-0.3, -0.25) is 4.79 Å². The maximum atomic E-state index is 13.7. The highest BCUT2D eigenvalue weighted by Gasteiger charge is 2.31. The average Bonchev–Trinajstić information content (AvgIpc) is 2.30. The molecule has 0 bridgehead atoms. The van der Waals surface area contributed by atoms with Gasteiger partial charge in [0.1, 0.15) is 10.7 Å². The summed E-state index contributed by atoms with van der Waals surface area (Å²) in [6.07, 6.45) is 1.61. The molecular weight excluding hydrogens is 364 g/mol. The van der Waals surface area contributed by atoms with Crippen LogP contribution in [-0.4, -0.2) is 20.4 Å². The normalized spacial score (nSPS) is 21.8.